The van der Waals surface area contributed by atoms with E-state index in [1.54, 1.807) is 38.2 Å². The molecule has 9 nitrogen and oxygen atoms in total. The summed E-state index contributed by atoms with van der Waals surface area (Å²) < 4.78 is 1.24. The Morgan fingerprint density at radius 3 is 2.50 bits per heavy atom. The highest BCUT2D eigenvalue weighted by atomic mass is 16.2. The van der Waals surface area contributed by atoms with E-state index in [4.69, 9.17) is 0 Å². The predicted molar refractivity (Wildman–Crippen MR) is 138 cm³/mol. The molecular weight excluding hydrogens is 458 g/mol. The number of hydrogen-bond acceptors (Lipinski definition) is 6. The van der Waals surface area contributed by atoms with E-state index in [0.29, 0.717) is 11.4 Å². The molecule has 0 unspecified atom stereocenters. The number of amides is 2. The lowest BCUT2D eigenvalue weighted by Gasteiger charge is -2.16. The maximum Gasteiger partial charge on any atom is 0.278 e. The number of anilines is 1. The molecule has 3 aromatic rings. The van der Waals surface area contributed by atoms with E-state index in [1.165, 1.54) is 16.8 Å². The second-order valence-electron chi connectivity index (χ2n) is 8.20. The van der Waals surface area contributed by atoms with Crippen molar-refractivity contribution in [3.63, 3.8) is 0 Å². The van der Waals surface area contributed by atoms with Gasteiger partial charge in [0, 0.05) is 18.5 Å². The van der Waals surface area contributed by atoms with Crippen LogP contribution in [0.4, 0.5) is 5.69 Å². The minimum Gasteiger partial charge on any atom is -0.350 e. The van der Waals surface area contributed by atoms with Gasteiger partial charge in [0.2, 0.25) is 11.8 Å². The summed E-state index contributed by atoms with van der Waals surface area (Å²) in [7, 11) is 1.64. The number of nitrogens with one attached hydrogen (secondary N) is 3. The molecule has 0 saturated heterocycles. The summed E-state index contributed by atoms with van der Waals surface area (Å²) in [6.07, 6.45) is 2.81. The molecule has 0 aliphatic carbocycles. The first-order chi connectivity index (χ1) is 17.3. The highest BCUT2D eigenvalue weighted by Crippen LogP contribution is 2.16. The van der Waals surface area contributed by atoms with Crippen LogP contribution >= 0.6 is 0 Å². The van der Waals surface area contributed by atoms with Crippen LogP contribution in [0.1, 0.15) is 18.1 Å². The molecular formula is C27H29N5O4. The Labute approximate surface area is 209 Å². The van der Waals surface area contributed by atoms with E-state index in [-0.39, 0.29) is 31.0 Å². The number of allylic oxidation sites excluding steroid dienone is 1. The number of aromatic nitrogens is 2. The maximum atomic E-state index is 13.3. The van der Waals surface area contributed by atoms with Crippen molar-refractivity contribution in [2.45, 2.75) is 32.5 Å². The van der Waals surface area contributed by atoms with E-state index >= 15 is 0 Å². The largest absolute Gasteiger partial charge is 0.350 e. The lowest BCUT2D eigenvalue weighted by Crippen LogP contribution is -2.39. The highest BCUT2D eigenvalue weighted by Gasteiger charge is 2.18. The Morgan fingerprint density at radius 2 is 1.81 bits per heavy atom. The van der Waals surface area contributed by atoms with Crippen LogP contribution in [0.5, 0.6) is 0 Å². The maximum absolute atomic E-state index is 13.3. The van der Waals surface area contributed by atoms with E-state index in [9.17, 15) is 19.2 Å². The number of carbonyl (C=O) groups is 3. The number of hydrogen-bond donors (Lipinski definition) is 3. The van der Waals surface area contributed by atoms with Crippen molar-refractivity contribution < 1.29 is 14.4 Å². The number of ketones is 1. The lowest BCUT2D eigenvalue weighted by atomic mass is 10.1. The van der Waals surface area contributed by atoms with Crippen molar-refractivity contribution in [2.24, 2.45) is 0 Å². The zero-order chi connectivity index (χ0) is 26.1. The molecule has 1 heterocycles. The molecule has 0 aliphatic heterocycles. The van der Waals surface area contributed by atoms with Gasteiger partial charge in [-0.15, -0.1) is 0 Å². The fraction of sp³-hybridized carbons (Fsp3) is 0.222. The third-order valence-corrected chi connectivity index (χ3v) is 5.55. The summed E-state index contributed by atoms with van der Waals surface area (Å²) in [6, 6.07) is 15.8. The van der Waals surface area contributed by atoms with Crippen LogP contribution in [-0.4, -0.2) is 40.2 Å². The van der Waals surface area contributed by atoms with Gasteiger partial charge in [-0.05, 0) is 31.2 Å². The minimum absolute atomic E-state index is 0.0193. The van der Waals surface area contributed by atoms with Gasteiger partial charge < -0.3 is 16.0 Å². The van der Waals surface area contributed by atoms with Gasteiger partial charge in [-0.3, -0.25) is 23.7 Å². The molecule has 3 rings (SSSR count). The van der Waals surface area contributed by atoms with Gasteiger partial charge in [-0.2, -0.15) is 0 Å². The number of rotatable bonds is 11. The first-order valence-corrected chi connectivity index (χ1v) is 11.5. The van der Waals surface area contributed by atoms with Crippen molar-refractivity contribution >= 4 is 23.3 Å². The van der Waals surface area contributed by atoms with E-state index in [0.717, 1.165) is 11.1 Å². The van der Waals surface area contributed by atoms with E-state index in [1.807, 2.05) is 30.3 Å². The summed E-state index contributed by atoms with van der Waals surface area (Å²) in [6.45, 7) is 5.07. The van der Waals surface area contributed by atoms with E-state index in [2.05, 4.69) is 27.5 Å². The van der Waals surface area contributed by atoms with Crippen molar-refractivity contribution in [1.82, 2.24) is 20.2 Å². The molecule has 0 spiro atoms. The van der Waals surface area contributed by atoms with Crippen LogP contribution in [-0.2, 0) is 33.9 Å². The van der Waals surface area contributed by atoms with Gasteiger partial charge in [0.25, 0.3) is 5.56 Å². The second-order valence-corrected chi connectivity index (χ2v) is 8.20. The molecule has 9 heteroatoms. The highest BCUT2D eigenvalue weighted by molar-refractivity contribution is 5.94. The van der Waals surface area contributed by atoms with Gasteiger partial charge in [-0.1, -0.05) is 61.2 Å². The molecule has 0 radical (unpaired) electrons. The Hall–Kier alpha value is -4.37. The molecule has 1 atom stereocenters. The zero-order valence-corrected chi connectivity index (χ0v) is 20.3. The molecule has 36 heavy (non-hydrogen) atoms. The number of likely N-dealkylation sites (N-methyl/N-ethyl adjacent to an activating group) is 1. The van der Waals surface area contributed by atoms with Crippen LogP contribution in [0.15, 0.2) is 78.2 Å². The Bertz CT molecular complexity index is 1320. The third-order valence-electron chi connectivity index (χ3n) is 5.55. The standard InChI is InChI=1S/C27H29N5O4/c1-4-22(33)14-19-9-8-10-20(13-19)15-29-24(34)17-32-25(21-11-6-5-7-12-21)30-16-23(27(32)36)31-26(35)18(2)28-3/h4-13,16,18,28H,1,14-15,17H2,2-3H3,(H,29,34)(H,31,35)/t18-/m0/s1. The molecule has 2 amide bonds. The Kier molecular flexibility index (Phi) is 9.01. The molecule has 186 valence electrons. The molecule has 2 aromatic carbocycles. The fourth-order valence-corrected chi connectivity index (χ4v) is 3.44. The van der Waals surface area contributed by atoms with Crippen LogP contribution in [0.2, 0.25) is 0 Å². The van der Waals surface area contributed by atoms with Crippen LogP contribution in [0.3, 0.4) is 0 Å². The smallest absolute Gasteiger partial charge is 0.278 e. The van der Waals surface area contributed by atoms with Gasteiger partial charge in [0.05, 0.1) is 12.2 Å². The van der Waals surface area contributed by atoms with Crippen molar-refractivity contribution in [3.8, 4) is 11.4 Å². The third kappa shape index (κ3) is 6.83. The Morgan fingerprint density at radius 1 is 1.08 bits per heavy atom. The van der Waals surface area contributed by atoms with Crippen LogP contribution < -0.4 is 21.5 Å². The SMILES string of the molecule is C=CC(=O)Cc1cccc(CNC(=O)Cn2c(-c3ccccc3)ncc(NC(=O)[C@H](C)NC)c2=O)c1. The summed E-state index contributed by atoms with van der Waals surface area (Å²) in [5.74, 6) is -0.585. The molecule has 0 fully saturated rings. The molecule has 0 saturated carbocycles. The van der Waals surface area contributed by atoms with Crippen molar-refractivity contribution in [2.75, 3.05) is 12.4 Å². The van der Waals surface area contributed by atoms with Crippen molar-refractivity contribution in [3.05, 3.63) is 94.9 Å². The van der Waals surface area contributed by atoms with Gasteiger partial charge in [0.15, 0.2) is 5.78 Å². The normalized spacial score (nSPS) is 11.4. The first-order valence-electron chi connectivity index (χ1n) is 11.5. The van der Waals surface area contributed by atoms with Crippen molar-refractivity contribution in [1.29, 1.82) is 0 Å². The zero-order valence-electron chi connectivity index (χ0n) is 20.3. The number of benzene rings is 2. The summed E-state index contributed by atoms with van der Waals surface area (Å²) in [5.41, 5.74) is 1.73. The lowest BCUT2D eigenvalue weighted by molar-refractivity contribution is -0.122. The average Bonchev–Trinajstić information content (AvgIpc) is 2.89. The van der Waals surface area contributed by atoms with E-state index < -0.39 is 23.4 Å². The monoisotopic (exact) mass is 487 g/mol. The van der Waals surface area contributed by atoms with Crippen LogP contribution in [0, 0.1) is 0 Å². The van der Waals surface area contributed by atoms with Gasteiger partial charge in [0.1, 0.15) is 18.1 Å². The quantitative estimate of drug-likeness (QED) is 0.356. The topological polar surface area (TPSA) is 122 Å². The summed E-state index contributed by atoms with van der Waals surface area (Å²) in [4.78, 5) is 54.4. The van der Waals surface area contributed by atoms with Crippen LogP contribution in [0.25, 0.3) is 11.4 Å². The molecule has 0 bridgehead atoms. The predicted octanol–water partition coefficient (Wildman–Crippen LogP) is 2.07. The fourth-order valence-electron chi connectivity index (χ4n) is 3.44. The second kappa shape index (κ2) is 12.4. The molecule has 0 aliphatic rings. The Balaban J connectivity index is 1.82. The minimum atomic E-state index is -0.541. The first kappa shape index (κ1) is 26.2. The van der Waals surface area contributed by atoms with Gasteiger partial charge in [-0.25, -0.2) is 4.98 Å². The summed E-state index contributed by atoms with van der Waals surface area (Å²) >= 11 is 0. The summed E-state index contributed by atoms with van der Waals surface area (Å²) in [5, 5.41) is 8.19. The molecule has 3 N–H and O–H groups in total. The number of carbonyl (C=O) groups excluding carboxylic acids is 3. The van der Waals surface area contributed by atoms with Gasteiger partial charge >= 0.3 is 0 Å². The molecule has 1 aromatic heterocycles. The average molecular weight is 488 g/mol. The number of nitrogens with zero attached hydrogens (tertiary/aromatic N) is 2.